The molecule has 2 aromatic carbocycles. The Kier molecular flexibility index (Phi) is 4.63. The zero-order valence-electron chi connectivity index (χ0n) is 13.8. The summed E-state index contributed by atoms with van der Waals surface area (Å²) >= 11 is 6.03. The van der Waals surface area contributed by atoms with E-state index in [0.717, 1.165) is 5.56 Å². The number of rotatable bonds is 4. The van der Waals surface area contributed by atoms with Gasteiger partial charge in [-0.3, -0.25) is 14.9 Å². The molecule has 0 spiro atoms. The number of hydrogen-bond donors (Lipinski definition) is 0. The second-order valence-electron chi connectivity index (χ2n) is 6.25. The number of fused-ring (bicyclic) bond motifs is 1. The minimum absolute atomic E-state index is 0.0299. The molecule has 0 saturated heterocycles. The van der Waals surface area contributed by atoms with Crippen molar-refractivity contribution in [2.75, 3.05) is 4.90 Å². The lowest BCUT2D eigenvalue weighted by Crippen LogP contribution is -2.48. The molecule has 3 rings (SSSR count). The number of ether oxygens (including phenoxy) is 1. The maximum atomic E-state index is 12.9. The van der Waals surface area contributed by atoms with Crippen LogP contribution in [0.5, 0.6) is 5.75 Å². The molecule has 0 aliphatic carbocycles. The summed E-state index contributed by atoms with van der Waals surface area (Å²) < 4.78 is 5.79. The highest BCUT2D eigenvalue weighted by Crippen LogP contribution is 2.39. The van der Waals surface area contributed by atoms with Crippen LogP contribution in [0.3, 0.4) is 0 Å². The fraction of sp³-hybridized carbons (Fsp3) is 0.278. The van der Waals surface area contributed by atoms with Gasteiger partial charge in [0.05, 0.1) is 17.2 Å². The number of benzene rings is 2. The van der Waals surface area contributed by atoms with E-state index in [0.29, 0.717) is 16.5 Å². The van der Waals surface area contributed by atoms with Gasteiger partial charge in [0, 0.05) is 17.2 Å². The van der Waals surface area contributed by atoms with Crippen LogP contribution in [0.4, 0.5) is 11.4 Å². The van der Waals surface area contributed by atoms with Gasteiger partial charge in [0.25, 0.3) is 11.6 Å². The number of nitrogens with zero attached hydrogens (tertiary/aromatic N) is 2. The molecule has 25 heavy (non-hydrogen) atoms. The van der Waals surface area contributed by atoms with Crippen LogP contribution in [-0.4, -0.2) is 16.9 Å². The summed E-state index contributed by atoms with van der Waals surface area (Å²) in [4.78, 5) is 25.0. The molecule has 1 amide bonds. The van der Waals surface area contributed by atoms with E-state index in [2.05, 4.69) is 0 Å². The molecule has 0 saturated carbocycles. The molecule has 0 N–H and O–H groups in total. The summed E-state index contributed by atoms with van der Waals surface area (Å²) in [6.45, 7) is 4.06. The molecule has 6 nitrogen and oxygen atoms in total. The summed E-state index contributed by atoms with van der Waals surface area (Å²) in [5.74, 6) is 0.214. The Bertz CT molecular complexity index is 838. The second kappa shape index (κ2) is 6.72. The average Bonchev–Trinajstić information content (AvgIpc) is 2.56. The molecule has 1 aliphatic rings. The van der Waals surface area contributed by atoms with Gasteiger partial charge in [-0.15, -0.1) is 0 Å². The summed E-state index contributed by atoms with van der Waals surface area (Å²) in [6.07, 6.45) is -0.631. The van der Waals surface area contributed by atoms with Crippen LogP contribution in [0.2, 0.25) is 5.02 Å². The van der Waals surface area contributed by atoms with E-state index < -0.39 is 11.0 Å². The third-order valence-corrected chi connectivity index (χ3v) is 4.28. The Morgan fingerprint density at radius 2 is 2.04 bits per heavy atom. The number of carbonyl (C=O) groups is 1. The maximum Gasteiger partial charge on any atom is 0.271 e. The third-order valence-electron chi connectivity index (χ3n) is 4.04. The van der Waals surface area contributed by atoms with Crippen molar-refractivity contribution in [2.24, 2.45) is 5.92 Å². The molecule has 0 fully saturated rings. The molecule has 1 heterocycles. The van der Waals surface area contributed by atoms with Crippen LogP contribution in [0.25, 0.3) is 0 Å². The molecule has 7 heteroatoms. The van der Waals surface area contributed by atoms with Crippen LogP contribution in [0, 0.1) is 16.0 Å². The van der Waals surface area contributed by atoms with Gasteiger partial charge in [0.2, 0.25) is 0 Å². The number of hydrogen-bond acceptors (Lipinski definition) is 4. The van der Waals surface area contributed by atoms with Gasteiger partial charge in [-0.25, -0.2) is 0 Å². The predicted octanol–water partition coefficient (Wildman–Crippen LogP) is 4.20. The minimum Gasteiger partial charge on any atom is -0.478 e. The van der Waals surface area contributed by atoms with E-state index in [1.807, 2.05) is 19.9 Å². The molecule has 1 atom stereocenters. The molecule has 1 unspecified atom stereocenters. The summed E-state index contributed by atoms with van der Waals surface area (Å²) in [7, 11) is 0. The van der Waals surface area contributed by atoms with Gasteiger partial charge in [-0.2, -0.15) is 0 Å². The van der Waals surface area contributed by atoms with E-state index in [9.17, 15) is 14.9 Å². The number of nitro benzene ring substituents is 1. The van der Waals surface area contributed by atoms with Gasteiger partial charge in [-0.05, 0) is 29.7 Å². The first kappa shape index (κ1) is 17.2. The molecule has 0 aromatic heterocycles. The van der Waals surface area contributed by atoms with Crippen molar-refractivity contribution in [3.63, 3.8) is 0 Å². The topological polar surface area (TPSA) is 72.7 Å². The first-order valence-electron chi connectivity index (χ1n) is 7.87. The highest BCUT2D eigenvalue weighted by atomic mass is 35.5. The molecule has 0 bridgehead atoms. The van der Waals surface area contributed by atoms with Crippen molar-refractivity contribution in [2.45, 2.75) is 26.5 Å². The van der Waals surface area contributed by atoms with E-state index in [-0.39, 0.29) is 24.1 Å². The number of anilines is 1. The van der Waals surface area contributed by atoms with E-state index >= 15 is 0 Å². The molecule has 2 aromatic rings. The normalized spacial score (nSPS) is 16.6. The molecular weight excluding hydrogens is 344 g/mol. The first-order valence-corrected chi connectivity index (χ1v) is 8.25. The summed E-state index contributed by atoms with van der Waals surface area (Å²) in [5.41, 5.74) is 1.15. The van der Waals surface area contributed by atoms with Crippen LogP contribution in [0.1, 0.15) is 19.4 Å². The number of amides is 1. The quantitative estimate of drug-likeness (QED) is 0.605. The lowest BCUT2D eigenvalue weighted by Gasteiger charge is -2.36. The largest absolute Gasteiger partial charge is 0.478 e. The maximum absolute atomic E-state index is 12.9. The van der Waals surface area contributed by atoms with Gasteiger partial charge in [-0.1, -0.05) is 37.6 Å². The van der Waals surface area contributed by atoms with Crippen LogP contribution in [-0.2, 0) is 11.3 Å². The van der Waals surface area contributed by atoms with E-state index in [1.165, 1.54) is 17.0 Å². The van der Waals surface area contributed by atoms with Crippen LogP contribution < -0.4 is 9.64 Å². The van der Waals surface area contributed by atoms with Crippen molar-refractivity contribution < 1.29 is 14.5 Å². The zero-order valence-corrected chi connectivity index (χ0v) is 14.6. The van der Waals surface area contributed by atoms with E-state index in [1.54, 1.807) is 24.3 Å². The van der Waals surface area contributed by atoms with Crippen molar-refractivity contribution in [1.29, 1.82) is 0 Å². The first-order chi connectivity index (χ1) is 11.9. The van der Waals surface area contributed by atoms with E-state index in [4.69, 9.17) is 16.3 Å². The fourth-order valence-electron chi connectivity index (χ4n) is 2.79. The lowest BCUT2D eigenvalue weighted by atomic mass is 10.0. The zero-order chi connectivity index (χ0) is 18.1. The number of halogens is 1. The predicted molar refractivity (Wildman–Crippen MR) is 95.0 cm³/mol. The summed E-state index contributed by atoms with van der Waals surface area (Å²) in [6, 6.07) is 11.5. The standard InChI is InChI=1S/C18H17ClN2O4/c1-11(2)17-18(22)20(10-12-4-3-5-13(19)8-12)15-9-14(21(23)24)6-7-16(15)25-17/h3-9,11,17H,10H2,1-2H3. The second-order valence-corrected chi connectivity index (χ2v) is 6.68. The molecule has 0 radical (unpaired) electrons. The number of nitro groups is 1. The van der Waals surface area contributed by atoms with Crippen molar-refractivity contribution in [3.05, 3.63) is 63.2 Å². The smallest absolute Gasteiger partial charge is 0.271 e. The fourth-order valence-corrected chi connectivity index (χ4v) is 3.00. The lowest BCUT2D eigenvalue weighted by molar-refractivity contribution is -0.384. The van der Waals surface area contributed by atoms with Gasteiger partial charge in [0.1, 0.15) is 5.75 Å². The highest BCUT2D eigenvalue weighted by molar-refractivity contribution is 6.30. The van der Waals surface area contributed by atoms with Crippen molar-refractivity contribution in [3.8, 4) is 5.75 Å². The van der Waals surface area contributed by atoms with Crippen LogP contribution >= 0.6 is 11.6 Å². The minimum atomic E-state index is -0.631. The number of carbonyl (C=O) groups excluding carboxylic acids is 1. The Labute approximate surface area is 150 Å². The average molecular weight is 361 g/mol. The Morgan fingerprint density at radius 3 is 2.68 bits per heavy atom. The molecule has 130 valence electrons. The highest BCUT2D eigenvalue weighted by Gasteiger charge is 2.37. The van der Waals surface area contributed by atoms with Crippen LogP contribution in [0.15, 0.2) is 42.5 Å². The van der Waals surface area contributed by atoms with Gasteiger partial charge >= 0.3 is 0 Å². The Hall–Kier alpha value is -2.60. The monoisotopic (exact) mass is 360 g/mol. The Balaban J connectivity index is 2.05. The van der Waals surface area contributed by atoms with Gasteiger partial charge < -0.3 is 9.64 Å². The third kappa shape index (κ3) is 3.44. The molecular formula is C18H17ClN2O4. The number of non-ortho nitro benzene ring substituents is 1. The van der Waals surface area contributed by atoms with Crippen molar-refractivity contribution >= 4 is 28.9 Å². The Morgan fingerprint density at radius 1 is 1.28 bits per heavy atom. The SMILES string of the molecule is CC(C)C1Oc2ccc([N+](=O)[O-])cc2N(Cc2cccc(Cl)c2)C1=O. The van der Waals surface area contributed by atoms with Gasteiger partial charge in [0.15, 0.2) is 6.10 Å². The van der Waals surface area contributed by atoms with Crippen molar-refractivity contribution in [1.82, 2.24) is 0 Å². The summed E-state index contributed by atoms with van der Waals surface area (Å²) in [5, 5.41) is 11.7. The molecule has 1 aliphatic heterocycles.